The van der Waals surface area contributed by atoms with Crippen LogP contribution in [-0.4, -0.2) is 89.1 Å². The van der Waals surface area contributed by atoms with Gasteiger partial charge in [-0.25, -0.2) is 14.4 Å². The largest absolute Gasteiger partial charge is 0.493 e. The monoisotopic (exact) mass is 525 g/mol. The maximum atomic E-state index is 14.3. The first-order valence-electron chi connectivity index (χ1n) is 12.2. The molecule has 36 heavy (non-hydrogen) atoms. The van der Waals surface area contributed by atoms with Gasteiger partial charge in [0.15, 0.2) is 0 Å². The highest BCUT2D eigenvalue weighted by Gasteiger charge is 2.22. The Kier molecular flexibility index (Phi) is 12.3. The molecule has 1 saturated heterocycles. The van der Waals surface area contributed by atoms with E-state index >= 15 is 0 Å². The molecule has 3 N–H and O–H groups in total. The molecule has 2 aromatic rings. The average molecular weight is 526 g/mol. The standard InChI is InChI=1S/C25H36FN5O4.ClH/c1-3-4-19-14-28-25(29-15-19)31-10-8-30(9-11-31)18(2)7-12-35-21-5-6-22(23(26)13-21)24(34)27-16-20(33)17-32;/h5-6,13-15,18,20,32-33H,3-4,7-12,16-17H2,1-2H3,(H,27,34);1H/t18?,20-;/m1./s1. The predicted molar refractivity (Wildman–Crippen MR) is 138 cm³/mol. The quantitative estimate of drug-likeness (QED) is 0.386. The third-order valence-corrected chi connectivity index (χ3v) is 6.15. The first-order chi connectivity index (χ1) is 16.9. The molecular weight excluding hydrogens is 489 g/mol. The van der Waals surface area contributed by atoms with Crippen LogP contribution >= 0.6 is 12.4 Å². The van der Waals surface area contributed by atoms with Gasteiger partial charge in [-0.3, -0.25) is 9.69 Å². The average Bonchev–Trinajstić information content (AvgIpc) is 2.88. The van der Waals surface area contributed by atoms with Crippen molar-refractivity contribution in [3.8, 4) is 5.75 Å². The number of amides is 1. The summed E-state index contributed by atoms with van der Waals surface area (Å²) in [6.45, 7) is 7.63. The van der Waals surface area contributed by atoms with E-state index in [9.17, 15) is 14.3 Å². The van der Waals surface area contributed by atoms with Crippen LogP contribution in [0.25, 0.3) is 0 Å². The van der Waals surface area contributed by atoms with E-state index in [1.165, 1.54) is 17.7 Å². The fourth-order valence-corrected chi connectivity index (χ4v) is 3.96. The molecule has 0 spiro atoms. The highest BCUT2D eigenvalue weighted by molar-refractivity contribution is 5.94. The van der Waals surface area contributed by atoms with Crippen molar-refractivity contribution in [1.29, 1.82) is 0 Å². The number of aliphatic hydroxyl groups excluding tert-OH is 2. The number of aromatic nitrogens is 2. The molecule has 2 heterocycles. The molecular formula is C25H37ClFN5O4. The number of aryl methyl sites for hydroxylation is 1. The second kappa shape index (κ2) is 14.9. The van der Waals surface area contributed by atoms with Gasteiger partial charge in [0.05, 0.1) is 24.9 Å². The van der Waals surface area contributed by atoms with E-state index in [4.69, 9.17) is 9.84 Å². The maximum absolute atomic E-state index is 14.3. The zero-order valence-electron chi connectivity index (χ0n) is 20.9. The number of hydrogen-bond donors (Lipinski definition) is 3. The van der Waals surface area contributed by atoms with Crippen molar-refractivity contribution < 1.29 is 24.1 Å². The van der Waals surface area contributed by atoms with Gasteiger partial charge in [-0.05, 0) is 37.5 Å². The van der Waals surface area contributed by atoms with E-state index in [0.717, 1.165) is 51.4 Å². The van der Waals surface area contributed by atoms with Crippen molar-refractivity contribution in [2.24, 2.45) is 0 Å². The van der Waals surface area contributed by atoms with Crippen LogP contribution in [0.4, 0.5) is 10.3 Å². The third-order valence-electron chi connectivity index (χ3n) is 6.15. The SMILES string of the molecule is CCCc1cnc(N2CCN(C(C)CCOc3ccc(C(=O)NC[C@@H](O)CO)c(F)c3)CC2)nc1.Cl. The van der Waals surface area contributed by atoms with Gasteiger partial charge in [-0.2, -0.15) is 0 Å². The Labute approximate surface area is 218 Å². The Morgan fingerprint density at radius 2 is 1.92 bits per heavy atom. The molecule has 0 radical (unpaired) electrons. The summed E-state index contributed by atoms with van der Waals surface area (Å²) in [6, 6.07) is 4.39. The molecule has 0 saturated carbocycles. The highest BCUT2D eigenvalue weighted by atomic mass is 35.5. The molecule has 0 bridgehead atoms. The number of rotatable bonds is 12. The van der Waals surface area contributed by atoms with Crippen molar-refractivity contribution in [3.63, 3.8) is 0 Å². The molecule has 1 aliphatic rings. The summed E-state index contributed by atoms with van der Waals surface area (Å²) < 4.78 is 20.1. The van der Waals surface area contributed by atoms with E-state index in [1.807, 2.05) is 12.4 Å². The molecule has 3 rings (SSSR count). The summed E-state index contributed by atoms with van der Waals surface area (Å²) in [7, 11) is 0. The summed E-state index contributed by atoms with van der Waals surface area (Å²) in [4.78, 5) is 25.7. The van der Waals surface area contributed by atoms with E-state index < -0.39 is 24.4 Å². The zero-order chi connectivity index (χ0) is 25.2. The number of hydrogen-bond acceptors (Lipinski definition) is 8. The molecule has 1 aromatic carbocycles. The number of carbonyl (C=O) groups is 1. The van der Waals surface area contributed by atoms with Gasteiger partial charge in [0.1, 0.15) is 11.6 Å². The molecule has 1 fully saturated rings. The number of benzene rings is 1. The number of nitrogens with one attached hydrogen (secondary N) is 1. The summed E-state index contributed by atoms with van der Waals surface area (Å²) in [5.41, 5.74) is 1.02. The van der Waals surface area contributed by atoms with Crippen LogP contribution in [0.2, 0.25) is 0 Å². The van der Waals surface area contributed by atoms with Crippen LogP contribution in [-0.2, 0) is 6.42 Å². The molecule has 200 valence electrons. The molecule has 1 aromatic heterocycles. The molecule has 2 atom stereocenters. The maximum Gasteiger partial charge on any atom is 0.254 e. The van der Waals surface area contributed by atoms with Crippen LogP contribution in [0.15, 0.2) is 30.6 Å². The van der Waals surface area contributed by atoms with Gasteiger partial charge in [0.2, 0.25) is 5.95 Å². The van der Waals surface area contributed by atoms with Gasteiger partial charge in [0, 0.05) is 57.2 Å². The zero-order valence-corrected chi connectivity index (χ0v) is 21.7. The molecule has 1 aliphatic heterocycles. The lowest BCUT2D eigenvalue weighted by Gasteiger charge is -2.38. The second-order valence-corrected chi connectivity index (χ2v) is 8.84. The fraction of sp³-hybridized carbons (Fsp3) is 0.560. The number of carbonyl (C=O) groups excluding carboxylic acids is 1. The molecule has 0 aliphatic carbocycles. The second-order valence-electron chi connectivity index (χ2n) is 8.84. The normalized spacial score (nSPS) is 15.6. The highest BCUT2D eigenvalue weighted by Crippen LogP contribution is 2.18. The first kappa shape index (κ1) is 29.7. The summed E-state index contributed by atoms with van der Waals surface area (Å²) in [6.07, 6.45) is 5.61. The van der Waals surface area contributed by atoms with Crippen LogP contribution in [0.1, 0.15) is 42.6 Å². The van der Waals surface area contributed by atoms with E-state index in [-0.39, 0.29) is 24.5 Å². The predicted octanol–water partition coefficient (Wildman–Crippen LogP) is 2.05. The molecule has 1 amide bonds. The third kappa shape index (κ3) is 8.55. The summed E-state index contributed by atoms with van der Waals surface area (Å²) in [5.74, 6) is -0.219. The minimum absolute atomic E-state index is 0. The number of halogens is 2. The Hall–Kier alpha value is -2.53. The molecule has 11 heteroatoms. The Morgan fingerprint density at radius 1 is 1.22 bits per heavy atom. The lowest BCUT2D eigenvalue weighted by atomic mass is 10.1. The molecule has 9 nitrogen and oxygen atoms in total. The summed E-state index contributed by atoms with van der Waals surface area (Å²) in [5, 5.41) is 20.5. The van der Waals surface area contributed by atoms with Gasteiger partial charge >= 0.3 is 0 Å². The van der Waals surface area contributed by atoms with Crippen molar-refractivity contribution >= 4 is 24.3 Å². The Morgan fingerprint density at radius 3 is 2.53 bits per heavy atom. The van der Waals surface area contributed by atoms with Gasteiger partial charge in [-0.15, -0.1) is 12.4 Å². The van der Waals surface area contributed by atoms with Gasteiger partial charge in [-0.1, -0.05) is 13.3 Å². The van der Waals surface area contributed by atoms with Crippen molar-refractivity contribution in [2.75, 3.05) is 50.8 Å². The van der Waals surface area contributed by atoms with Gasteiger partial charge in [0.25, 0.3) is 5.91 Å². The van der Waals surface area contributed by atoms with Crippen molar-refractivity contribution in [1.82, 2.24) is 20.2 Å². The van der Waals surface area contributed by atoms with Crippen molar-refractivity contribution in [2.45, 2.75) is 45.3 Å². The van der Waals surface area contributed by atoms with Gasteiger partial charge < -0.3 is 25.2 Å². The van der Waals surface area contributed by atoms with E-state index in [1.54, 1.807) is 6.07 Å². The molecule has 1 unspecified atom stereocenters. The number of piperazine rings is 1. The number of anilines is 1. The van der Waals surface area contributed by atoms with E-state index in [0.29, 0.717) is 18.4 Å². The van der Waals surface area contributed by atoms with Crippen LogP contribution in [0.5, 0.6) is 5.75 Å². The number of aliphatic hydroxyl groups is 2. The lowest BCUT2D eigenvalue weighted by molar-refractivity contribution is 0.0799. The summed E-state index contributed by atoms with van der Waals surface area (Å²) >= 11 is 0. The Balaban J connectivity index is 0.00000456. The van der Waals surface area contributed by atoms with Crippen LogP contribution in [0, 0.1) is 5.82 Å². The van der Waals surface area contributed by atoms with E-state index in [2.05, 4.69) is 38.9 Å². The minimum Gasteiger partial charge on any atom is -0.493 e. The topological polar surface area (TPSA) is 111 Å². The smallest absolute Gasteiger partial charge is 0.254 e. The van der Waals surface area contributed by atoms with Crippen molar-refractivity contribution in [3.05, 3.63) is 47.5 Å². The fourth-order valence-electron chi connectivity index (χ4n) is 3.96. The van der Waals surface area contributed by atoms with Crippen LogP contribution in [0.3, 0.4) is 0 Å². The number of nitrogens with zero attached hydrogens (tertiary/aromatic N) is 4. The number of ether oxygens (including phenoxy) is 1. The first-order valence-corrected chi connectivity index (χ1v) is 12.2. The minimum atomic E-state index is -1.08. The Bertz CT molecular complexity index is 945. The lowest BCUT2D eigenvalue weighted by Crippen LogP contribution is -2.50. The van der Waals surface area contributed by atoms with Crippen LogP contribution < -0.4 is 15.0 Å².